The molecule has 6 heteroatoms. The average Bonchev–Trinajstić information content (AvgIpc) is 3.38. The van der Waals surface area contributed by atoms with E-state index >= 15 is 0 Å². The molecule has 0 aliphatic heterocycles. The number of aromatic nitrogens is 3. The number of benzene rings is 2. The Morgan fingerprint density at radius 1 is 1.28 bits per heavy atom. The van der Waals surface area contributed by atoms with Crippen LogP contribution in [0.4, 0.5) is 0 Å². The molecule has 25 heavy (non-hydrogen) atoms. The molecule has 4 rings (SSSR count). The SMILES string of the molecule is CC(NC(=O)CSc1n[nH]c(C2CC2)n1)c1ccc2ccccc2c1. The first-order valence-electron chi connectivity index (χ1n) is 8.52. The van der Waals surface area contributed by atoms with Crippen LogP contribution in [0, 0.1) is 0 Å². The summed E-state index contributed by atoms with van der Waals surface area (Å²) in [6.45, 7) is 2.00. The van der Waals surface area contributed by atoms with Crippen LogP contribution in [-0.4, -0.2) is 26.8 Å². The molecule has 2 N–H and O–H groups in total. The third kappa shape index (κ3) is 3.85. The Kier molecular flexibility index (Phi) is 4.44. The first kappa shape index (κ1) is 16.1. The maximum atomic E-state index is 12.2. The summed E-state index contributed by atoms with van der Waals surface area (Å²) < 4.78 is 0. The van der Waals surface area contributed by atoms with Gasteiger partial charge in [0.25, 0.3) is 0 Å². The topological polar surface area (TPSA) is 70.7 Å². The number of hydrogen-bond acceptors (Lipinski definition) is 4. The Labute approximate surface area is 150 Å². The molecule has 1 amide bonds. The van der Waals surface area contributed by atoms with E-state index in [0.29, 0.717) is 16.8 Å². The van der Waals surface area contributed by atoms with Crippen molar-refractivity contribution < 1.29 is 4.79 Å². The van der Waals surface area contributed by atoms with Crippen molar-refractivity contribution in [1.82, 2.24) is 20.5 Å². The number of fused-ring (bicyclic) bond motifs is 1. The summed E-state index contributed by atoms with van der Waals surface area (Å²) in [6.07, 6.45) is 2.37. The average molecular weight is 352 g/mol. The van der Waals surface area contributed by atoms with Gasteiger partial charge in [0, 0.05) is 5.92 Å². The van der Waals surface area contributed by atoms with E-state index in [2.05, 4.69) is 50.8 Å². The lowest BCUT2D eigenvalue weighted by Gasteiger charge is -2.14. The predicted octanol–water partition coefficient (Wildman–Crippen LogP) is 3.80. The Bertz CT molecular complexity index is 903. The van der Waals surface area contributed by atoms with Crippen LogP contribution in [-0.2, 0) is 4.79 Å². The smallest absolute Gasteiger partial charge is 0.230 e. The van der Waals surface area contributed by atoms with Crippen LogP contribution in [0.1, 0.15) is 43.1 Å². The van der Waals surface area contributed by atoms with Gasteiger partial charge < -0.3 is 5.32 Å². The van der Waals surface area contributed by atoms with Crippen molar-refractivity contribution in [2.45, 2.75) is 36.9 Å². The zero-order chi connectivity index (χ0) is 17.2. The van der Waals surface area contributed by atoms with Gasteiger partial charge in [-0.3, -0.25) is 9.89 Å². The molecule has 3 aromatic rings. The van der Waals surface area contributed by atoms with Crippen molar-refractivity contribution in [1.29, 1.82) is 0 Å². The van der Waals surface area contributed by atoms with Crippen LogP contribution < -0.4 is 5.32 Å². The molecule has 1 aliphatic carbocycles. The molecular formula is C19H20N4OS. The van der Waals surface area contributed by atoms with Crippen molar-refractivity contribution in [3.05, 3.63) is 53.9 Å². The van der Waals surface area contributed by atoms with E-state index in [4.69, 9.17) is 0 Å². The number of hydrogen-bond donors (Lipinski definition) is 2. The highest BCUT2D eigenvalue weighted by Crippen LogP contribution is 2.38. The summed E-state index contributed by atoms with van der Waals surface area (Å²) in [5, 5.41) is 13.2. The molecule has 0 spiro atoms. The molecular weight excluding hydrogens is 332 g/mol. The number of rotatable bonds is 6. The fourth-order valence-electron chi connectivity index (χ4n) is 2.84. The van der Waals surface area contributed by atoms with Crippen LogP contribution in [0.5, 0.6) is 0 Å². The van der Waals surface area contributed by atoms with Gasteiger partial charge in [0.1, 0.15) is 5.82 Å². The molecule has 2 aromatic carbocycles. The summed E-state index contributed by atoms with van der Waals surface area (Å²) in [4.78, 5) is 16.7. The van der Waals surface area contributed by atoms with E-state index in [1.165, 1.54) is 35.4 Å². The third-order valence-electron chi connectivity index (χ3n) is 4.43. The molecule has 1 atom stereocenters. The number of amides is 1. The highest BCUT2D eigenvalue weighted by atomic mass is 32.2. The van der Waals surface area contributed by atoms with Gasteiger partial charge in [0.2, 0.25) is 11.1 Å². The summed E-state index contributed by atoms with van der Waals surface area (Å²) in [5.41, 5.74) is 1.10. The molecule has 0 saturated heterocycles. The first-order chi connectivity index (χ1) is 12.2. The fourth-order valence-corrected chi connectivity index (χ4v) is 3.45. The lowest BCUT2D eigenvalue weighted by molar-refractivity contribution is -0.119. The maximum absolute atomic E-state index is 12.2. The van der Waals surface area contributed by atoms with Gasteiger partial charge in [-0.15, -0.1) is 5.10 Å². The fraction of sp³-hybridized carbons (Fsp3) is 0.316. The molecule has 1 aliphatic rings. The summed E-state index contributed by atoms with van der Waals surface area (Å²) >= 11 is 1.37. The largest absolute Gasteiger partial charge is 0.349 e. The molecule has 5 nitrogen and oxygen atoms in total. The lowest BCUT2D eigenvalue weighted by Crippen LogP contribution is -2.28. The number of aromatic amines is 1. The van der Waals surface area contributed by atoms with Crippen LogP contribution in [0.25, 0.3) is 10.8 Å². The summed E-state index contributed by atoms with van der Waals surface area (Å²) in [5.74, 6) is 1.80. The predicted molar refractivity (Wildman–Crippen MR) is 99.6 cm³/mol. The van der Waals surface area contributed by atoms with Crippen molar-refractivity contribution in [2.24, 2.45) is 0 Å². The van der Waals surface area contributed by atoms with Crippen LogP contribution in [0.3, 0.4) is 0 Å². The Morgan fingerprint density at radius 3 is 2.88 bits per heavy atom. The molecule has 0 bridgehead atoms. The monoisotopic (exact) mass is 352 g/mol. The van der Waals surface area contributed by atoms with Crippen LogP contribution in [0.2, 0.25) is 0 Å². The molecule has 1 fully saturated rings. The molecule has 1 saturated carbocycles. The van der Waals surface area contributed by atoms with Crippen molar-refractivity contribution in [3.8, 4) is 0 Å². The van der Waals surface area contributed by atoms with Gasteiger partial charge in [-0.05, 0) is 42.2 Å². The van der Waals surface area contributed by atoms with E-state index < -0.39 is 0 Å². The molecule has 0 radical (unpaired) electrons. The van der Waals surface area contributed by atoms with E-state index in [0.717, 1.165) is 11.4 Å². The Balaban J connectivity index is 1.33. The minimum Gasteiger partial charge on any atom is -0.349 e. The number of carbonyl (C=O) groups excluding carboxylic acids is 1. The molecule has 128 valence electrons. The number of nitrogens with zero attached hydrogens (tertiary/aromatic N) is 2. The van der Waals surface area contributed by atoms with E-state index in [9.17, 15) is 4.79 Å². The second-order valence-corrected chi connectivity index (χ2v) is 7.40. The van der Waals surface area contributed by atoms with Gasteiger partial charge in [-0.2, -0.15) is 0 Å². The highest BCUT2D eigenvalue weighted by molar-refractivity contribution is 7.99. The quantitative estimate of drug-likeness (QED) is 0.662. The second kappa shape index (κ2) is 6.88. The van der Waals surface area contributed by atoms with Crippen LogP contribution in [0.15, 0.2) is 47.6 Å². The minimum atomic E-state index is -0.0353. The van der Waals surface area contributed by atoms with Crippen molar-refractivity contribution >= 4 is 28.4 Å². The molecule has 1 aromatic heterocycles. The van der Waals surface area contributed by atoms with Gasteiger partial charge in [0.05, 0.1) is 11.8 Å². The van der Waals surface area contributed by atoms with Gasteiger partial charge in [-0.25, -0.2) is 4.98 Å². The van der Waals surface area contributed by atoms with E-state index in [-0.39, 0.29) is 11.9 Å². The second-order valence-electron chi connectivity index (χ2n) is 6.46. The van der Waals surface area contributed by atoms with Gasteiger partial charge in [-0.1, -0.05) is 48.2 Å². The molecule has 1 unspecified atom stereocenters. The Hall–Kier alpha value is -2.34. The zero-order valence-electron chi connectivity index (χ0n) is 14.0. The van der Waals surface area contributed by atoms with Crippen LogP contribution >= 0.6 is 11.8 Å². The lowest BCUT2D eigenvalue weighted by atomic mass is 10.0. The van der Waals surface area contributed by atoms with Gasteiger partial charge in [0.15, 0.2) is 0 Å². The third-order valence-corrected chi connectivity index (χ3v) is 5.28. The van der Waals surface area contributed by atoms with Gasteiger partial charge >= 0.3 is 0 Å². The van der Waals surface area contributed by atoms with Crippen molar-refractivity contribution in [3.63, 3.8) is 0 Å². The first-order valence-corrected chi connectivity index (χ1v) is 9.51. The van der Waals surface area contributed by atoms with E-state index in [1.54, 1.807) is 0 Å². The number of nitrogens with one attached hydrogen (secondary N) is 2. The highest BCUT2D eigenvalue weighted by Gasteiger charge is 2.27. The normalized spacial score (nSPS) is 15.2. The summed E-state index contributed by atoms with van der Waals surface area (Å²) in [6, 6.07) is 14.5. The number of carbonyl (C=O) groups is 1. The Morgan fingerprint density at radius 2 is 2.08 bits per heavy atom. The van der Waals surface area contributed by atoms with E-state index in [1.807, 2.05) is 19.1 Å². The van der Waals surface area contributed by atoms with Crippen molar-refractivity contribution in [2.75, 3.05) is 5.75 Å². The molecule has 1 heterocycles. The number of H-pyrrole nitrogens is 1. The maximum Gasteiger partial charge on any atom is 0.230 e. The standard InChI is InChI=1S/C19H20N4OS/c1-12(15-9-6-13-4-2-3-5-16(13)10-15)20-17(24)11-25-19-21-18(22-23-19)14-7-8-14/h2-6,9-10,12,14H,7-8,11H2,1H3,(H,20,24)(H,21,22,23). The minimum absolute atomic E-state index is 0.0107. The zero-order valence-corrected chi connectivity index (χ0v) is 14.8. The number of thioether (sulfide) groups is 1. The summed E-state index contributed by atoms with van der Waals surface area (Å²) in [7, 11) is 0.